The van der Waals surface area contributed by atoms with Crippen LogP contribution in [-0.2, 0) is 0 Å². The predicted octanol–water partition coefficient (Wildman–Crippen LogP) is 3.13. The summed E-state index contributed by atoms with van der Waals surface area (Å²) in [4.78, 5) is 12.9. The van der Waals surface area contributed by atoms with Gasteiger partial charge in [0.25, 0.3) is 0 Å². The number of hydrogen-bond donors (Lipinski definition) is 1. The van der Waals surface area contributed by atoms with Crippen molar-refractivity contribution in [1.29, 1.82) is 0 Å². The van der Waals surface area contributed by atoms with Crippen molar-refractivity contribution in [1.82, 2.24) is 0 Å². The van der Waals surface area contributed by atoms with Crippen LogP contribution in [0.5, 0.6) is 34.5 Å². The lowest BCUT2D eigenvalue weighted by molar-refractivity contribution is 0.0833. The third-order valence-corrected chi connectivity index (χ3v) is 4.27. The number of carbonyl (C=O) groups excluding carboxylic acids is 1. The van der Waals surface area contributed by atoms with Gasteiger partial charge in [-0.05, 0) is 17.7 Å². The number of aromatic hydroxyl groups is 1. The highest BCUT2D eigenvalue weighted by atomic mass is 16.6. The summed E-state index contributed by atoms with van der Waals surface area (Å²) in [6.07, 6.45) is -0.403. The van der Waals surface area contributed by atoms with E-state index in [1.165, 1.54) is 28.4 Å². The Morgan fingerprint density at radius 1 is 0.885 bits per heavy atom. The molecule has 0 fully saturated rings. The van der Waals surface area contributed by atoms with Crippen molar-refractivity contribution < 1.29 is 33.6 Å². The first-order valence-corrected chi connectivity index (χ1v) is 7.94. The first kappa shape index (κ1) is 17.7. The lowest BCUT2D eigenvalue weighted by Crippen LogP contribution is -2.22. The first-order chi connectivity index (χ1) is 12.5. The molecule has 0 aromatic heterocycles. The summed E-state index contributed by atoms with van der Waals surface area (Å²) in [6, 6.07) is 6.52. The zero-order chi connectivity index (χ0) is 18.8. The zero-order valence-electron chi connectivity index (χ0n) is 15.0. The number of benzene rings is 2. The fraction of sp³-hybridized carbons (Fsp3) is 0.316. The van der Waals surface area contributed by atoms with Gasteiger partial charge >= 0.3 is 0 Å². The molecule has 7 nitrogen and oxygen atoms in total. The molecule has 0 bridgehead atoms. The van der Waals surface area contributed by atoms with Crippen LogP contribution in [0.1, 0.15) is 28.4 Å². The van der Waals surface area contributed by atoms with Gasteiger partial charge in [-0.15, -0.1) is 0 Å². The highest BCUT2D eigenvalue weighted by molar-refractivity contribution is 6.05. The second kappa shape index (κ2) is 7.03. The Hall–Kier alpha value is -3.09. The normalized spacial score (nSPS) is 15.7. The van der Waals surface area contributed by atoms with Crippen molar-refractivity contribution in [2.45, 2.75) is 12.5 Å². The maximum absolute atomic E-state index is 12.9. The van der Waals surface area contributed by atoms with Gasteiger partial charge in [0.1, 0.15) is 17.4 Å². The van der Waals surface area contributed by atoms with Gasteiger partial charge in [-0.1, -0.05) is 12.1 Å². The Morgan fingerprint density at radius 2 is 1.42 bits per heavy atom. The molecular weight excluding hydrogens is 340 g/mol. The Balaban J connectivity index is 2.18. The molecule has 0 radical (unpaired) electrons. The predicted molar refractivity (Wildman–Crippen MR) is 93.1 cm³/mol. The number of hydrogen-bond acceptors (Lipinski definition) is 7. The molecule has 1 N–H and O–H groups in total. The van der Waals surface area contributed by atoms with Crippen LogP contribution >= 0.6 is 0 Å². The molecular formula is C19H20O7. The lowest BCUT2D eigenvalue weighted by atomic mass is 9.94. The molecule has 7 heteroatoms. The number of methoxy groups -OCH3 is 4. The summed E-state index contributed by atoms with van der Waals surface area (Å²) >= 11 is 0. The molecule has 0 spiro atoms. The van der Waals surface area contributed by atoms with E-state index in [1.807, 2.05) is 0 Å². The molecule has 2 aromatic carbocycles. The maximum Gasteiger partial charge on any atom is 0.211 e. The van der Waals surface area contributed by atoms with Crippen molar-refractivity contribution in [3.05, 3.63) is 35.4 Å². The lowest BCUT2D eigenvalue weighted by Gasteiger charge is -2.29. The molecule has 2 aromatic rings. The highest BCUT2D eigenvalue weighted by Gasteiger charge is 2.38. The van der Waals surface area contributed by atoms with E-state index in [0.29, 0.717) is 0 Å². The highest BCUT2D eigenvalue weighted by Crippen LogP contribution is 2.56. The number of carbonyl (C=O) groups is 1. The van der Waals surface area contributed by atoms with Crippen LogP contribution in [0.3, 0.4) is 0 Å². The summed E-state index contributed by atoms with van der Waals surface area (Å²) in [6.45, 7) is 0. The summed E-state index contributed by atoms with van der Waals surface area (Å²) in [5.74, 6) is 1.28. The summed E-state index contributed by atoms with van der Waals surface area (Å²) in [5.41, 5.74) is 1.02. The molecule has 1 aliphatic rings. The Morgan fingerprint density at radius 3 is 1.96 bits per heavy atom. The van der Waals surface area contributed by atoms with Gasteiger partial charge < -0.3 is 28.8 Å². The maximum atomic E-state index is 12.9. The van der Waals surface area contributed by atoms with Crippen molar-refractivity contribution >= 4 is 5.78 Å². The second-order valence-corrected chi connectivity index (χ2v) is 5.66. The summed E-state index contributed by atoms with van der Waals surface area (Å²) in [5, 5.41) is 9.47. The SMILES string of the molecule is COc1c(OC)c(OC)c2c(c1OC)OC(c1ccc(O)cc1)CC2=O. The van der Waals surface area contributed by atoms with E-state index in [4.69, 9.17) is 23.7 Å². The second-order valence-electron chi connectivity index (χ2n) is 5.66. The average molecular weight is 360 g/mol. The fourth-order valence-corrected chi connectivity index (χ4v) is 3.09. The largest absolute Gasteiger partial charge is 0.508 e. The van der Waals surface area contributed by atoms with Crippen molar-refractivity contribution in [3.8, 4) is 34.5 Å². The smallest absolute Gasteiger partial charge is 0.211 e. The topological polar surface area (TPSA) is 83.5 Å². The minimum absolute atomic E-state index is 0.118. The standard InChI is InChI=1S/C19H20O7/c1-22-15-14-12(21)9-13(10-5-7-11(20)8-6-10)26-16(14)18(24-3)19(25-4)17(15)23-2/h5-8,13,20H,9H2,1-4H3. The molecule has 0 saturated heterocycles. The quantitative estimate of drug-likeness (QED) is 0.877. The average Bonchev–Trinajstić information content (AvgIpc) is 2.66. The first-order valence-electron chi connectivity index (χ1n) is 7.94. The summed E-state index contributed by atoms with van der Waals surface area (Å²) in [7, 11) is 5.83. The molecule has 1 atom stereocenters. The van der Waals surface area contributed by atoms with Gasteiger partial charge in [0, 0.05) is 0 Å². The van der Waals surface area contributed by atoms with Crippen LogP contribution in [0.15, 0.2) is 24.3 Å². The van der Waals surface area contributed by atoms with Crippen molar-refractivity contribution in [2.24, 2.45) is 0 Å². The number of phenolic OH excluding ortho intramolecular Hbond substituents is 1. The zero-order valence-corrected chi connectivity index (χ0v) is 15.0. The number of phenols is 1. The minimum Gasteiger partial charge on any atom is -0.508 e. The van der Waals surface area contributed by atoms with E-state index >= 15 is 0 Å². The third-order valence-electron chi connectivity index (χ3n) is 4.27. The van der Waals surface area contributed by atoms with Crippen LogP contribution < -0.4 is 23.7 Å². The fourth-order valence-electron chi connectivity index (χ4n) is 3.09. The van der Waals surface area contributed by atoms with Crippen LogP contribution in [0.4, 0.5) is 0 Å². The van der Waals surface area contributed by atoms with Crippen LogP contribution in [0.25, 0.3) is 0 Å². The molecule has 1 aliphatic heterocycles. The molecule has 1 unspecified atom stereocenters. The van der Waals surface area contributed by atoms with Crippen LogP contribution in [-0.4, -0.2) is 39.3 Å². The molecule has 0 amide bonds. The van der Waals surface area contributed by atoms with Crippen molar-refractivity contribution in [2.75, 3.05) is 28.4 Å². The van der Waals surface area contributed by atoms with E-state index in [2.05, 4.69) is 0 Å². The number of ether oxygens (including phenoxy) is 5. The van der Waals surface area contributed by atoms with Gasteiger partial charge in [-0.3, -0.25) is 4.79 Å². The number of ketones is 1. The molecule has 1 heterocycles. The van der Waals surface area contributed by atoms with E-state index in [-0.39, 0.29) is 52.3 Å². The van der Waals surface area contributed by atoms with E-state index in [0.717, 1.165) is 5.56 Å². The van der Waals surface area contributed by atoms with Crippen LogP contribution in [0, 0.1) is 0 Å². The number of fused-ring (bicyclic) bond motifs is 1. The Labute approximate surface area is 151 Å². The van der Waals surface area contributed by atoms with Gasteiger partial charge in [-0.2, -0.15) is 0 Å². The monoisotopic (exact) mass is 360 g/mol. The molecule has 0 saturated carbocycles. The third kappa shape index (κ3) is 2.75. The molecule has 26 heavy (non-hydrogen) atoms. The Kier molecular flexibility index (Phi) is 4.79. The molecule has 0 aliphatic carbocycles. The Bertz CT molecular complexity index is 827. The van der Waals surface area contributed by atoms with Gasteiger partial charge in [0.15, 0.2) is 17.3 Å². The number of Topliss-reactive ketones (excluding diaryl/α,β-unsaturated/α-hetero) is 1. The number of rotatable bonds is 5. The van der Waals surface area contributed by atoms with Crippen LogP contribution in [0.2, 0.25) is 0 Å². The van der Waals surface area contributed by atoms with Gasteiger partial charge in [-0.25, -0.2) is 0 Å². The summed E-state index contributed by atoms with van der Waals surface area (Å²) < 4.78 is 27.7. The van der Waals surface area contributed by atoms with E-state index in [9.17, 15) is 9.90 Å². The molecule has 138 valence electrons. The van der Waals surface area contributed by atoms with Gasteiger partial charge in [0.05, 0.1) is 34.9 Å². The molecule has 3 rings (SSSR count). The van der Waals surface area contributed by atoms with E-state index in [1.54, 1.807) is 24.3 Å². The van der Waals surface area contributed by atoms with E-state index < -0.39 is 6.10 Å². The van der Waals surface area contributed by atoms with Crippen molar-refractivity contribution in [3.63, 3.8) is 0 Å². The minimum atomic E-state index is -0.521. The van der Waals surface area contributed by atoms with Gasteiger partial charge in [0.2, 0.25) is 17.2 Å².